The van der Waals surface area contributed by atoms with Gasteiger partial charge < -0.3 is 9.47 Å². The molecule has 0 aliphatic rings. The molecule has 3 rings (SSSR count). The Balaban J connectivity index is 2.01. The summed E-state index contributed by atoms with van der Waals surface area (Å²) < 4.78 is 11.9. The van der Waals surface area contributed by atoms with Crippen molar-refractivity contribution in [2.45, 2.75) is 20.0 Å². The third-order valence-corrected chi connectivity index (χ3v) is 3.81. The first-order valence-corrected chi connectivity index (χ1v) is 8.01. The fourth-order valence-electron chi connectivity index (χ4n) is 2.71. The number of carbonyl (C=O) groups excluding carboxylic acids is 2. The summed E-state index contributed by atoms with van der Waals surface area (Å²) in [6, 6.07) is 14.2. The molecule has 0 radical (unpaired) electrons. The second-order valence-corrected chi connectivity index (χ2v) is 5.92. The van der Waals surface area contributed by atoms with Crippen LogP contribution in [0.25, 0.3) is 10.9 Å². The van der Waals surface area contributed by atoms with E-state index in [1.165, 1.54) is 17.9 Å². The summed E-state index contributed by atoms with van der Waals surface area (Å²) in [4.78, 5) is 24.9. The first-order chi connectivity index (χ1) is 12.0. The number of benzene rings is 2. The molecular weight excluding hydrogens is 318 g/mol. The monoisotopic (exact) mass is 337 g/mol. The van der Waals surface area contributed by atoms with Gasteiger partial charge in [0.05, 0.1) is 24.3 Å². The van der Waals surface area contributed by atoms with Gasteiger partial charge in [0.25, 0.3) is 5.91 Å². The van der Waals surface area contributed by atoms with Gasteiger partial charge in [0.1, 0.15) is 5.75 Å². The van der Waals surface area contributed by atoms with Gasteiger partial charge >= 0.3 is 5.97 Å². The Hall–Kier alpha value is -3.08. The van der Waals surface area contributed by atoms with Crippen LogP contribution in [-0.2, 0) is 4.74 Å². The van der Waals surface area contributed by atoms with Crippen LogP contribution in [0.3, 0.4) is 0 Å². The molecule has 0 saturated heterocycles. The number of rotatable bonds is 4. The van der Waals surface area contributed by atoms with Crippen LogP contribution in [0.4, 0.5) is 0 Å². The molecule has 1 heterocycles. The maximum atomic E-state index is 12.9. The Bertz CT molecular complexity index is 923. The SMILES string of the molecule is COC(=O)c1cn(C(=O)c2ccc(OC(C)C)cc2)c2ccccc12. The second-order valence-electron chi connectivity index (χ2n) is 5.92. The number of aromatic nitrogens is 1. The molecule has 0 saturated carbocycles. The Morgan fingerprint density at radius 1 is 1.00 bits per heavy atom. The molecule has 25 heavy (non-hydrogen) atoms. The molecule has 128 valence electrons. The molecule has 0 aliphatic heterocycles. The zero-order chi connectivity index (χ0) is 18.0. The van der Waals surface area contributed by atoms with E-state index in [1.807, 2.05) is 26.0 Å². The van der Waals surface area contributed by atoms with Crippen molar-refractivity contribution in [1.29, 1.82) is 0 Å². The summed E-state index contributed by atoms with van der Waals surface area (Å²) in [6.07, 6.45) is 1.59. The van der Waals surface area contributed by atoms with Crippen LogP contribution in [0.15, 0.2) is 54.7 Å². The second kappa shape index (κ2) is 6.81. The predicted molar refractivity (Wildman–Crippen MR) is 95.2 cm³/mol. The summed E-state index contributed by atoms with van der Waals surface area (Å²) in [5.74, 6) is 0.0186. The van der Waals surface area contributed by atoms with Gasteiger partial charge in [0.2, 0.25) is 0 Å². The summed E-state index contributed by atoms with van der Waals surface area (Å²) in [7, 11) is 1.32. The number of fused-ring (bicyclic) bond motifs is 1. The fourth-order valence-corrected chi connectivity index (χ4v) is 2.71. The number of para-hydroxylation sites is 1. The van der Waals surface area contributed by atoms with Crippen LogP contribution in [0, 0.1) is 0 Å². The molecule has 1 aromatic heterocycles. The largest absolute Gasteiger partial charge is 0.491 e. The van der Waals surface area contributed by atoms with E-state index in [0.29, 0.717) is 27.8 Å². The van der Waals surface area contributed by atoms with Crippen LogP contribution < -0.4 is 4.74 Å². The van der Waals surface area contributed by atoms with E-state index < -0.39 is 5.97 Å². The van der Waals surface area contributed by atoms with Crippen molar-refractivity contribution in [2.75, 3.05) is 7.11 Å². The van der Waals surface area contributed by atoms with Crippen molar-refractivity contribution >= 4 is 22.8 Å². The summed E-state index contributed by atoms with van der Waals surface area (Å²) >= 11 is 0. The summed E-state index contributed by atoms with van der Waals surface area (Å²) in [6.45, 7) is 3.89. The molecule has 0 bridgehead atoms. The molecular formula is C20H19NO4. The quantitative estimate of drug-likeness (QED) is 0.678. The first-order valence-electron chi connectivity index (χ1n) is 8.01. The lowest BCUT2D eigenvalue weighted by Crippen LogP contribution is -2.11. The van der Waals surface area contributed by atoms with Crippen molar-refractivity contribution < 1.29 is 19.1 Å². The number of esters is 1. The third kappa shape index (κ3) is 3.26. The minimum atomic E-state index is -0.469. The third-order valence-electron chi connectivity index (χ3n) is 3.81. The van der Waals surface area contributed by atoms with Gasteiger partial charge in [0.15, 0.2) is 0 Å². The highest BCUT2D eigenvalue weighted by Gasteiger charge is 2.19. The zero-order valence-corrected chi connectivity index (χ0v) is 14.4. The van der Waals surface area contributed by atoms with Crippen molar-refractivity contribution in [2.24, 2.45) is 0 Å². The van der Waals surface area contributed by atoms with Crippen molar-refractivity contribution in [3.63, 3.8) is 0 Å². The fraction of sp³-hybridized carbons (Fsp3) is 0.200. The Kier molecular flexibility index (Phi) is 4.57. The van der Waals surface area contributed by atoms with Crippen LogP contribution in [0.2, 0.25) is 0 Å². The van der Waals surface area contributed by atoms with Gasteiger partial charge in [0, 0.05) is 17.1 Å². The van der Waals surface area contributed by atoms with Crippen molar-refractivity contribution in [3.05, 3.63) is 65.9 Å². The maximum Gasteiger partial charge on any atom is 0.340 e. The number of carbonyl (C=O) groups is 2. The van der Waals surface area contributed by atoms with Gasteiger partial charge in [-0.1, -0.05) is 18.2 Å². The number of hydrogen-bond acceptors (Lipinski definition) is 4. The van der Waals surface area contributed by atoms with Gasteiger partial charge in [-0.15, -0.1) is 0 Å². The van der Waals surface area contributed by atoms with Crippen LogP contribution in [0.5, 0.6) is 5.75 Å². The lowest BCUT2D eigenvalue weighted by atomic mass is 10.2. The number of nitrogens with zero attached hydrogens (tertiary/aromatic N) is 1. The standard InChI is InChI=1S/C20H19NO4/c1-13(2)25-15-10-8-14(9-11-15)19(22)21-12-17(20(23)24-3)16-6-4-5-7-18(16)21/h4-13H,1-3H3. The average molecular weight is 337 g/mol. The molecule has 0 fully saturated rings. The highest BCUT2D eigenvalue weighted by atomic mass is 16.5. The maximum absolute atomic E-state index is 12.9. The molecule has 0 unspecified atom stereocenters. The van der Waals surface area contributed by atoms with Crippen LogP contribution >= 0.6 is 0 Å². The van der Waals surface area contributed by atoms with E-state index >= 15 is 0 Å². The topological polar surface area (TPSA) is 57.5 Å². The molecule has 5 heteroatoms. The molecule has 0 spiro atoms. The van der Waals surface area contributed by atoms with Crippen molar-refractivity contribution in [1.82, 2.24) is 4.57 Å². The summed E-state index contributed by atoms with van der Waals surface area (Å²) in [5.41, 5.74) is 1.54. The van der Waals surface area contributed by atoms with Gasteiger partial charge in [-0.2, -0.15) is 0 Å². The first kappa shape index (κ1) is 16.8. The molecule has 0 N–H and O–H groups in total. The zero-order valence-electron chi connectivity index (χ0n) is 14.4. The summed E-state index contributed by atoms with van der Waals surface area (Å²) in [5, 5.41) is 0.683. The van der Waals surface area contributed by atoms with Gasteiger partial charge in [-0.05, 0) is 44.2 Å². The highest BCUT2D eigenvalue weighted by molar-refractivity contribution is 6.09. The Labute approximate surface area is 145 Å². The minimum Gasteiger partial charge on any atom is -0.491 e. The predicted octanol–water partition coefficient (Wildman–Crippen LogP) is 3.90. The van der Waals surface area contributed by atoms with Gasteiger partial charge in [-0.3, -0.25) is 9.36 Å². The van der Waals surface area contributed by atoms with E-state index in [-0.39, 0.29) is 12.0 Å². The highest BCUT2D eigenvalue weighted by Crippen LogP contribution is 2.24. The minimum absolute atomic E-state index is 0.0672. The molecule has 0 atom stereocenters. The Morgan fingerprint density at radius 3 is 2.32 bits per heavy atom. The molecule has 0 aliphatic carbocycles. The average Bonchev–Trinajstić information content (AvgIpc) is 3.00. The van der Waals surface area contributed by atoms with E-state index in [4.69, 9.17) is 9.47 Å². The molecule has 3 aromatic rings. The van der Waals surface area contributed by atoms with Crippen molar-refractivity contribution in [3.8, 4) is 5.75 Å². The normalized spacial score (nSPS) is 10.9. The van der Waals surface area contributed by atoms with Crippen LogP contribution in [-0.4, -0.2) is 29.7 Å². The number of hydrogen-bond donors (Lipinski definition) is 0. The number of methoxy groups -OCH3 is 1. The van der Waals surface area contributed by atoms with Gasteiger partial charge in [-0.25, -0.2) is 4.79 Å². The lowest BCUT2D eigenvalue weighted by Gasteiger charge is -2.10. The van der Waals surface area contributed by atoms with E-state index in [1.54, 1.807) is 36.4 Å². The number of ether oxygens (including phenoxy) is 2. The molecule has 5 nitrogen and oxygen atoms in total. The van der Waals surface area contributed by atoms with E-state index in [9.17, 15) is 9.59 Å². The smallest absolute Gasteiger partial charge is 0.340 e. The van der Waals surface area contributed by atoms with E-state index in [2.05, 4.69) is 0 Å². The molecule has 2 aromatic carbocycles. The Morgan fingerprint density at radius 2 is 1.68 bits per heavy atom. The molecule has 0 amide bonds. The lowest BCUT2D eigenvalue weighted by molar-refractivity contribution is 0.0603. The van der Waals surface area contributed by atoms with Crippen LogP contribution in [0.1, 0.15) is 34.6 Å². The van der Waals surface area contributed by atoms with E-state index in [0.717, 1.165) is 0 Å².